The number of rotatable bonds is 1. The predicted molar refractivity (Wildman–Crippen MR) is 59.3 cm³/mol. The maximum absolute atomic E-state index is 11.7. The molecule has 0 radical (unpaired) electrons. The SMILES string of the molecule is O=C1N=NC(=O)c2c1cccc2-n1cccc1. The van der Waals surface area contributed by atoms with Crippen molar-refractivity contribution >= 4 is 11.8 Å². The Morgan fingerprint density at radius 2 is 1.59 bits per heavy atom. The highest BCUT2D eigenvalue weighted by Gasteiger charge is 2.25. The standard InChI is InChI=1S/C12H7N3O2/c16-11-8-4-3-5-9(15-6-1-2-7-15)10(8)12(17)14-13-11/h1-7H. The van der Waals surface area contributed by atoms with Gasteiger partial charge >= 0.3 is 0 Å². The van der Waals surface area contributed by atoms with Crippen molar-refractivity contribution in [2.24, 2.45) is 10.2 Å². The van der Waals surface area contributed by atoms with Gasteiger partial charge in [0.1, 0.15) is 0 Å². The normalized spacial score (nSPS) is 13.9. The van der Waals surface area contributed by atoms with E-state index in [0.29, 0.717) is 16.8 Å². The number of aromatic nitrogens is 1. The van der Waals surface area contributed by atoms with Crippen molar-refractivity contribution in [2.45, 2.75) is 0 Å². The van der Waals surface area contributed by atoms with E-state index in [1.165, 1.54) is 0 Å². The second-order valence-electron chi connectivity index (χ2n) is 3.60. The summed E-state index contributed by atoms with van der Waals surface area (Å²) in [6, 6.07) is 8.76. The van der Waals surface area contributed by atoms with E-state index in [1.54, 1.807) is 35.2 Å². The van der Waals surface area contributed by atoms with Crippen molar-refractivity contribution in [1.82, 2.24) is 4.57 Å². The summed E-state index contributed by atoms with van der Waals surface area (Å²) in [5, 5.41) is 6.65. The van der Waals surface area contributed by atoms with Crippen molar-refractivity contribution in [3.63, 3.8) is 0 Å². The van der Waals surface area contributed by atoms with Crippen molar-refractivity contribution in [2.75, 3.05) is 0 Å². The predicted octanol–water partition coefficient (Wildman–Crippen LogP) is 2.22. The number of fused-ring (bicyclic) bond motifs is 1. The first-order chi connectivity index (χ1) is 8.27. The van der Waals surface area contributed by atoms with E-state index in [0.717, 1.165) is 0 Å². The number of nitrogens with zero attached hydrogens (tertiary/aromatic N) is 3. The first-order valence-electron chi connectivity index (χ1n) is 5.04. The number of azo groups is 1. The minimum atomic E-state index is -0.482. The van der Waals surface area contributed by atoms with Crippen LogP contribution >= 0.6 is 0 Å². The fourth-order valence-corrected chi connectivity index (χ4v) is 1.85. The Morgan fingerprint density at radius 1 is 0.882 bits per heavy atom. The summed E-state index contributed by atoms with van der Waals surface area (Å²) >= 11 is 0. The molecule has 82 valence electrons. The lowest BCUT2D eigenvalue weighted by Crippen LogP contribution is -2.14. The third-order valence-corrected chi connectivity index (χ3v) is 2.60. The summed E-state index contributed by atoms with van der Waals surface area (Å²) in [5.74, 6) is -0.961. The highest BCUT2D eigenvalue weighted by Crippen LogP contribution is 2.24. The first-order valence-corrected chi connectivity index (χ1v) is 5.04. The van der Waals surface area contributed by atoms with Crippen LogP contribution in [0.4, 0.5) is 0 Å². The van der Waals surface area contributed by atoms with Crippen molar-refractivity contribution in [3.8, 4) is 5.69 Å². The van der Waals surface area contributed by atoms with Crippen LogP contribution in [0.1, 0.15) is 20.7 Å². The zero-order chi connectivity index (χ0) is 11.8. The van der Waals surface area contributed by atoms with Gasteiger partial charge in [0.25, 0.3) is 11.8 Å². The molecule has 1 aromatic heterocycles. The fourth-order valence-electron chi connectivity index (χ4n) is 1.85. The lowest BCUT2D eigenvalue weighted by molar-refractivity contribution is 0.0920. The maximum atomic E-state index is 11.7. The van der Waals surface area contributed by atoms with Crippen LogP contribution in [0.2, 0.25) is 0 Å². The average molecular weight is 225 g/mol. The third-order valence-electron chi connectivity index (χ3n) is 2.60. The molecule has 2 heterocycles. The van der Waals surface area contributed by atoms with E-state index in [9.17, 15) is 9.59 Å². The van der Waals surface area contributed by atoms with E-state index < -0.39 is 11.8 Å². The van der Waals surface area contributed by atoms with Gasteiger partial charge in [-0.05, 0) is 24.3 Å². The van der Waals surface area contributed by atoms with Gasteiger partial charge in [-0.1, -0.05) is 6.07 Å². The van der Waals surface area contributed by atoms with Gasteiger partial charge in [0.2, 0.25) is 0 Å². The summed E-state index contributed by atoms with van der Waals surface area (Å²) in [5.41, 5.74) is 1.25. The van der Waals surface area contributed by atoms with Gasteiger partial charge in [-0.15, -0.1) is 10.2 Å². The molecular weight excluding hydrogens is 218 g/mol. The molecule has 0 fully saturated rings. The number of amides is 2. The van der Waals surface area contributed by atoms with Crippen LogP contribution in [-0.2, 0) is 0 Å². The van der Waals surface area contributed by atoms with E-state index >= 15 is 0 Å². The van der Waals surface area contributed by atoms with Gasteiger partial charge in [0, 0.05) is 12.4 Å². The van der Waals surface area contributed by atoms with Gasteiger partial charge in [-0.3, -0.25) is 9.59 Å². The molecule has 0 unspecified atom stereocenters. The summed E-state index contributed by atoms with van der Waals surface area (Å²) in [7, 11) is 0. The zero-order valence-electron chi connectivity index (χ0n) is 8.70. The Bertz CT molecular complexity index is 642. The largest absolute Gasteiger partial charge is 0.323 e. The van der Waals surface area contributed by atoms with E-state index in [-0.39, 0.29) is 0 Å². The molecule has 1 aliphatic heterocycles. The second kappa shape index (κ2) is 3.48. The molecule has 0 N–H and O–H groups in total. The van der Waals surface area contributed by atoms with Crippen molar-refractivity contribution < 1.29 is 9.59 Å². The minimum absolute atomic E-state index is 0.302. The Labute approximate surface area is 96.4 Å². The molecule has 0 bridgehead atoms. The lowest BCUT2D eigenvalue weighted by Gasteiger charge is -2.12. The molecule has 0 saturated heterocycles. The molecule has 0 aliphatic carbocycles. The molecule has 5 nitrogen and oxygen atoms in total. The van der Waals surface area contributed by atoms with Crippen LogP contribution in [0.5, 0.6) is 0 Å². The molecule has 0 atom stereocenters. The summed E-state index contributed by atoms with van der Waals surface area (Å²) in [6.45, 7) is 0. The maximum Gasteiger partial charge on any atom is 0.298 e. The average Bonchev–Trinajstić information content (AvgIpc) is 2.87. The highest BCUT2D eigenvalue weighted by atomic mass is 16.2. The van der Waals surface area contributed by atoms with Gasteiger partial charge in [0.05, 0.1) is 16.8 Å². The highest BCUT2D eigenvalue weighted by molar-refractivity contribution is 6.12. The van der Waals surface area contributed by atoms with E-state index in [1.807, 2.05) is 12.1 Å². The van der Waals surface area contributed by atoms with E-state index in [2.05, 4.69) is 10.2 Å². The quantitative estimate of drug-likeness (QED) is 0.746. The Morgan fingerprint density at radius 3 is 2.35 bits per heavy atom. The third kappa shape index (κ3) is 1.40. The molecule has 3 rings (SSSR count). The Kier molecular flexibility index (Phi) is 1.98. The summed E-state index contributed by atoms with van der Waals surface area (Å²) in [4.78, 5) is 23.3. The smallest absolute Gasteiger partial charge is 0.298 e. The Balaban J connectivity index is 2.31. The molecule has 2 aromatic rings. The second-order valence-corrected chi connectivity index (χ2v) is 3.60. The summed E-state index contributed by atoms with van der Waals surface area (Å²) < 4.78 is 1.77. The monoisotopic (exact) mass is 225 g/mol. The van der Waals surface area contributed by atoms with Gasteiger partial charge in [-0.2, -0.15) is 0 Å². The Hall–Kier alpha value is -2.56. The van der Waals surface area contributed by atoms with Crippen molar-refractivity contribution in [1.29, 1.82) is 0 Å². The molecule has 2 amide bonds. The number of carbonyl (C=O) groups excluding carboxylic acids is 2. The molecule has 17 heavy (non-hydrogen) atoms. The molecule has 5 heteroatoms. The number of carbonyl (C=O) groups is 2. The number of benzene rings is 1. The topological polar surface area (TPSA) is 63.8 Å². The van der Waals surface area contributed by atoms with Crippen LogP contribution in [0.3, 0.4) is 0 Å². The fraction of sp³-hybridized carbons (Fsp3) is 0. The lowest BCUT2D eigenvalue weighted by atomic mass is 10.0. The minimum Gasteiger partial charge on any atom is -0.323 e. The zero-order valence-corrected chi connectivity index (χ0v) is 8.70. The number of hydrogen-bond acceptors (Lipinski definition) is 2. The molecule has 1 aromatic carbocycles. The first kappa shape index (κ1) is 9.65. The van der Waals surface area contributed by atoms with Crippen LogP contribution in [0.15, 0.2) is 53.0 Å². The van der Waals surface area contributed by atoms with Crippen LogP contribution in [0, 0.1) is 0 Å². The van der Waals surface area contributed by atoms with Crippen molar-refractivity contribution in [3.05, 3.63) is 53.9 Å². The van der Waals surface area contributed by atoms with Gasteiger partial charge in [0.15, 0.2) is 0 Å². The molecule has 1 aliphatic rings. The number of hydrogen-bond donors (Lipinski definition) is 0. The van der Waals surface area contributed by atoms with Crippen LogP contribution in [0.25, 0.3) is 5.69 Å². The molecule has 0 spiro atoms. The summed E-state index contributed by atoms with van der Waals surface area (Å²) in [6.07, 6.45) is 3.61. The van der Waals surface area contributed by atoms with Crippen LogP contribution in [-0.4, -0.2) is 16.4 Å². The van der Waals surface area contributed by atoms with Crippen LogP contribution < -0.4 is 0 Å². The van der Waals surface area contributed by atoms with E-state index in [4.69, 9.17) is 0 Å². The van der Waals surface area contributed by atoms with Gasteiger partial charge in [-0.25, -0.2) is 0 Å². The molecular formula is C12H7N3O2. The van der Waals surface area contributed by atoms with Gasteiger partial charge < -0.3 is 4.57 Å². The molecule has 0 saturated carbocycles.